The van der Waals surface area contributed by atoms with Gasteiger partial charge in [-0.1, -0.05) is 18.2 Å². The second kappa shape index (κ2) is 10.5. The van der Waals surface area contributed by atoms with Crippen LogP contribution < -0.4 is 5.32 Å². The molecule has 1 aliphatic carbocycles. The lowest BCUT2D eigenvalue weighted by molar-refractivity contribution is -0.147. The molecule has 29 heavy (non-hydrogen) atoms. The van der Waals surface area contributed by atoms with Gasteiger partial charge in [-0.2, -0.15) is 0 Å². The maximum absolute atomic E-state index is 13.0. The molecule has 0 saturated heterocycles. The Morgan fingerprint density at radius 2 is 1.86 bits per heavy atom. The minimum atomic E-state index is -0.247. The van der Waals surface area contributed by atoms with Gasteiger partial charge in [0.2, 0.25) is 0 Å². The zero-order valence-corrected chi connectivity index (χ0v) is 18.2. The summed E-state index contributed by atoms with van der Waals surface area (Å²) in [5, 5.41) is 3.24. The van der Waals surface area contributed by atoms with Gasteiger partial charge >= 0.3 is 5.97 Å². The van der Waals surface area contributed by atoms with E-state index < -0.39 is 0 Å². The standard InChI is InChI=1S/C22H28Cl2N2O3/c1-15(27)29-19-5-4-6-20(21(12-19)26-9-2-3-10-26)25-22(28)16-7-8-17(13-23)18(11-16)14-24/h2-3,7-8,11,19-21H,4-6,9-10,12-14H2,1H3,(H,25,28). The van der Waals surface area contributed by atoms with E-state index in [1.165, 1.54) is 6.92 Å². The number of ether oxygens (including phenoxy) is 1. The van der Waals surface area contributed by atoms with Crippen LogP contribution in [0.1, 0.15) is 54.1 Å². The topological polar surface area (TPSA) is 58.6 Å². The molecule has 1 aromatic rings. The van der Waals surface area contributed by atoms with E-state index in [1.54, 1.807) is 6.07 Å². The first-order chi connectivity index (χ1) is 14.0. The average Bonchev–Trinajstić information content (AvgIpc) is 3.17. The third-order valence-electron chi connectivity index (χ3n) is 5.73. The Bertz CT molecular complexity index is 760. The Morgan fingerprint density at radius 1 is 1.14 bits per heavy atom. The van der Waals surface area contributed by atoms with Crippen molar-refractivity contribution in [1.29, 1.82) is 0 Å². The second-order valence-electron chi connectivity index (χ2n) is 7.72. The van der Waals surface area contributed by atoms with Crippen LogP contribution >= 0.6 is 23.2 Å². The fourth-order valence-electron chi connectivity index (χ4n) is 4.26. The summed E-state index contributed by atoms with van der Waals surface area (Å²) in [6.07, 6.45) is 7.48. The van der Waals surface area contributed by atoms with Gasteiger partial charge in [0.25, 0.3) is 5.91 Å². The van der Waals surface area contributed by atoms with Gasteiger partial charge in [-0.15, -0.1) is 23.2 Å². The number of alkyl halides is 2. The number of hydrogen-bond donors (Lipinski definition) is 1. The van der Waals surface area contributed by atoms with Crippen molar-refractivity contribution < 1.29 is 14.3 Å². The summed E-state index contributed by atoms with van der Waals surface area (Å²) in [6.45, 7) is 3.16. The van der Waals surface area contributed by atoms with Crippen molar-refractivity contribution >= 4 is 35.1 Å². The first-order valence-corrected chi connectivity index (χ1v) is 11.2. The Morgan fingerprint density at radius 3 is 2.52 bits per heavy atom. The maximum Gasteiger partial charge on any atom is 0.302 e. The quantitative estimate of drug-likeness (QED) is 0.315. The van der Waals surface area contributed by atoms with Crippen molar-refractivity contribution in [3.8, 4) is 0 Å². The van der Waals surface area contributed by atoms with E-state index >= 15 is 0 Å². The summed E-state index contributed by atoms with van der Waals surface area (Å²) < 4.78 is 5.53. The van der Waals surface area contributed by atoms with E-state index in [4.69, 9.17) is 27.9 Å². The van der Waals surface area contributed by atoms with Gasteiger partial charge in [0.15, 0.2) is 0 Å². The van der Waals surface area contributed by atoms with E-state index in [-0.39, 0.29) is 30.1 Å². The molecule has 158 valence electrons. The summed E-state index contributed by atoms with van der Waals surface area (Å²) in [7, 11) is 0. The van der Waals surface area contributed by atoms with Gasteiger partial charge in [-0.25, -0.2) is 0 Å². The third-order valence-corrected chi connectivity index (χ3v) is 6.31. The predicted molar refractivity (Wildman–Crippen MR) is 115 cm³/mol. The lowest BCUT2D eigenvalue weighted by Gasteiger charge is -2.35. The summed E-state index contributed by atoms with van der Waals surface area (Å²) >= 11 is 12.0. The SMILES string of the molecule is CC(=O)OC1CCCC(NC(=O)c2ccc(CCl)c(CCl)c2)C(N2CC=CC2)C1. The normalized spacial score (nSPS) is 24.9. The van der Waals surface area contributed by atoms with Crippen LogP contribution in [0.5, 0.6) is 0 Å². The number of nitrogens with one attached hydrogen (secondary N) is 1. The van der Waals surface area contributed by atoms with E-state index in [9.17, 15) is 9.59 Å². The van der Waals surface area contributed by atoms with E-state index in [0.717, 1.165) is 49.9 Å². The van der Waals surface area contributed by atoms with Crippen molar-refractivity contribution in [2.45, 2.75) is 62.6 Å². The summed E-state index contributed by atoms with van der Waals surface area (Å²) in [5.74, 6) is 0.335. The van der Waals surface area contributed by atoms with Crippen LogP contribution in [0.15, 0.2) is 30.4 Å². The Kier molecular flexibility index (Phi) is 7.99. The number of esters is 1. The van der Waals surface area contributed by atoms with Gasteiger partial charge < -0.3 is 10.1 Å². The van der Waals surface area contributed by atoms with Gasteiger partial charge in [-0.3, -0.25) is 14.5 Å². The van der Waals surface area contributed by atoms with Crippen molar-refractivity contribution in [2.75, 3.05) is 13.1 Å². The van der Waals surface area contributed by atoms with Crippen LogP contribution in [-0.4, -0.2) is 48.1 Å². The molecule has 3 atom stereocenters. The van der Waals surface area contributed by atoms with Crippen LogP contribution in [0.2, 0.25) is 0 Å². The summed E-state index contributed by atoms with van der Waals surface area (Å²) in [5.41, 5.74) is 2.41. The Balaban J connectivity index is 1.75. The molecule has 0 spiro atoms. The van der Waals surface area contributed by atoms with E-state index in [0.29, 0.717) is 17.3 Å². The first kappa shape index (κ1) is 22.1. The highest BCUT2D eigenvalue weighted by Crippen LogP contribution is 2.27. The van der Waals surface area contributed by atoms with Crippen LogP contribution in [0.25, 0.3) is 0 Å². The highest BCUT2D eigenvalue weighted by atomic mass is 35.5. The molecule has 1 heterocycles. The molecule has 2 aliphatic rings. The van der Waals surface area contributed by atoms with Crippen molar-refractivity contribution in [2.24, 2.45) is 0 Å². The second-order valence-corrected chi connectivity index (χ2v) is 8.26. The number of carbonyl (C=O) groups excluding carboxylic acids is 2. The molecular weight excluding hydrogens is 411 g/mol. The zero-order chi connectivity index (χ0) is 20.8. The minimum Gasteiger partial charge on any atom is -0.463 e. The molecule has 0 aromatic heterocycles. The Hall–Kier alpha value is -1.56. The highest BCUT2D eigenvalue weighted by molar-refractivity contribution is 6.18. The number of amides is 1. The van der Waals surface area contributed by atoms with Gasteiger partial charge in [0, 0.05) is 55.8 Å². The lowest BCUT2D eigenvalue weighted by Crippen LogP contribution is -2.51. The zero-order valence-electron chi connectivity index (χ0n) is 16.7. The fourth-order valence-corrected chi connectivity index (χ4v) is 4.77. The molecule has 1 amide bonds. The van der Waals surface area contributed by atoms with E-state index in [2.05, 4.69) is 22.4 Å². The predicted octanol–water partition coefficient (Wildman–Crippen LogP) is 4.01. The molecule has 3 rings (SSSR count). The molecule has 3 unspecified atom stereocenters. The first-order valence-electron chi connectivity index (χ1n) is 10.1. The lowest BCUT2D eigenvalue weighted by atomic mass is 9.99. The van der Waals surface area contributed by atoms with Gasteiger partial charge in [-0.05, 0) is 42.5 Å². The molecule has 7 heteroatoms. The molecule has 1 aliphatic heterocycles. The van der Waals surface area contributed by atoms with Crippen LogP contribution in [0.3, 0.4) is 0 Å². The highest BCUT2D eigenvalue weighted by Gasteiger charge is 2.35. The number of benzene rings is 1. The van der Waals surface area contributed by atoms with Crippen molar-refractivity contribution in [3.05, 3.63) is 47.0 Å². The maximum atomic E-state index is 13.0. The number of hydrogen-bond acceptors (Lipinski definition) is 4. The molecular formula is C22H28Cl2N2O3. The third kappa shape index (κ3) is 5.74. The molecule has 1 saturated carbocycles. The summed E-state index contributed by atoms with van der Waals surface area (Å²) in [4.78, 5) is 26.8. The monoisotopic (exact) mass is 438 g/mol. The number of nitrogens with zero attached hydrogens (tertiary/aromatic N) is 1. The number of carbonyl (C=O) groups is 2. The molecule has 0 bridgehead atoms. The molecule has 1 aromatic carbocycles. The van der Waals surface area contributed by atoms with Crippen LogP contribution in [0, 0.1) is 0 Å². The molecule has 0 radical (unpaired) electrons. The van der Waals surface area contributed by atoms with Crippen LogP contribution in [-0.2, 0) is 21.3 Å². The largest absolute Gasteiger partial charge is 0.463 e. The van der Waals surface area contributed by atoms with Gasteiger partial charge in [0.1, 0.15) is 6.10 Å². The molecule has 1 N–H and O–H groups in total. The van der Waals surface area contributed by atoms with Crippen LogP contribution in [0.4, 0.5) is 0 Å². The Labute approximate surface area is 182 Å². The molecule has 5 nitrogen and oxygen atoms in total. The van der Waals surface area contributed by atoms with E-state index in [1.807, 2.05) is 12.1 Å². The number of halogens is 2. The van der Waals surface area contributed by atoms with Crippen molar-refractivity contribution in [1.82, 2.24) is 10.2 Å². The summed E-state index contributed by atoms with van der Waals surface area (Å²) in [6, 6.07) is 5.61. The van der Waals surface area contributed by atoms with Crippen molar-refractivity contribution in [3.63, 3.8) is 0 Å². The minimum absolute atomic E-state index is 0.00452. The number of rotatable bonds is 6. The average molecular weight is 439 g/mol. The fraction of sp³-hybridized carbons (Fsp3) is 0.545. The smallest absolute Gasteiger partial charge is 0.302 e. The molecule has 1 fully saturated rings. The van der Waals surface area contributed by atoms with Gasteiger partial charge in [0.05, 0.1) is 0 Å².